The maximum absolute atomic E-state index is 13.2. The molecule has 0 unspecified atom stereocenters. The van der Waals surface area contributed by atoms with Gasteiger partial charge in [0, 0.05) is 48.8 Å². The van der Waals surface area contributed by atoms with Gasteiger partial charge < -0.3 is 19.8 Å². The number of aryl methyl sites for hydroxylation is 1. The summed E-state index contributed by atoms with van der Waals surface area (Å²) in [6.45, 7) is 5.47. The molecule has 1 aliphatic rings. The van der Waals surface area contributed by atoms with Crippen molar-refractivity contribution in [1.82, 2.24) is 24.4 Å². The molecule has 11 heteroatoms. The Kier molecular flexibility index (Phi) is 8.00. The number of fused-ring (bicyclic) bond motifs is 1. The molecule has 0 bridgehead atoms. The number of sulfonamides is 1. The topological polar surface area (TPSA) is 123 Å². The van der Waals surface area contributed by atoms with Gasteiger partial charge in [0.15, 0.2) is 0 Å². The quantitative estimate of drug-likeness (QED) is 0.224. The van der Waals surface area contributed by atoms with Crippen LogP contribution in [-0.2, 0) is 22.6 Å². The fraction of sp³-hybridized carbons (Fsp3) is 0.303. The van der Waals surface area contributed by atoms with E-state index >= 15 is 0 Å². The summed E-state index contributed by atoms with van der Waals surface area (Å²) in [5.74, 6) is -0.0663. The van der Waals surface area contributed by atoms with Gasteiger partial charge in [-0.3, -0.25) is 19.5 Å². The zero-order valence-corrected chi connectivity index (χ0v) is 25.9. The second kappa shape index (κ2) is 11.9. The molecule has 0 atom stereocenters. The van der Waals surface area contributed by atoms with E-state index in [2.05, 4.69) is 26.8 Å². The molecule has 3 N–H and O–H groups in total. The van der Waals surface area contributed by atoms with E-state index in [9.17, 15) is 13.2 Å². The maximum atomic E-state index is 13.2. The van der Waals surface area contributed by atoms with E-state index in [1.807, 2.05) is 66.9 Å². The summed E-state index contributed by atoms with van der Waals surface area (Å²) < 4.78 is 32.2. The minimum Gasteiger partial charge on any atom is -0.378 e. The summed E-state index contributed by atoms with van der Waals surface area (Å²) in [6.07, 6.45) is 9.11. The van der Waals surface area contributed by atoms with E-state index in [0.717, 1.165) is 59.3 Å². The average Bonchev–Trinajstić information content (AvgIpc) is 3.49. The fourth-order valence-corrected chi connectivity index (χ4v) is 6.61. The molecular formula is C33H37N7O3S. The van der Waals surface area contributed by atoms with Crippen molar-refractivity contribution in [1.29, 1.82) is 0 Å². The van der Waals surface area contributed by atoms with Gasteiger partial charge in [-0.1, -0.05) is 12.1 Å². The molecule has 6 rings (SSSR count). The number of hydrogen-bond donors (Lipinski definition) is 3. The highest BCUT2D eigenvalue weighted by molar-refractivity contribution is 7.92. The van der Waals surface area contributed by atoms with Crippen LogP contribution in [0.5, 0.6) is 0 Å². The zero-order chi connectivity index (χ0) is 30.9. The van der Waals surface area contributed by atoms with Crippen LogP contribution in [0.2, 0.25) is 0 Å². The SMILES string of the molecule is CCS(=O)(=O)Nc1cc(-c2cc(NC3CCNCC3)c(=O)n(C)c2)cc2c1ccn2C(C)(c1ccccn1)c1ccccn1. The van der Waals surface area contributed by atoms with Crippen molar-refractivity contribution in [3.05, 3.63) is 107 Å². The molecule has 5 heterocycles. The third kappa shape index (κ3) is 5.60. The minimum absolute atomic E-state index is 0.0663. The van der Waals surface area contributed by atoms with Gasteiger partial charge in [-0.15, -0.1) is 0 Å². The number of nitrogens with one attached hydrogen (secondary N) is 3. The van der Waals surface area contributed by atoms with Crippen molar-refractivity contribution in [3.63, 3.8) is 0 Å². The van der Waals surface area contributed by atoms with Gasteiger partial charge in [0.2, 0.25) is 10.0 Å². The molecular weight excluding hydrogens is 574 g/mol. The van der Waals surface area contributed by atoms with Gasteiger partial charge in [0.25, 0.3) is 5.56 Å². The molecule has 1 saturated heterocycles. The summed E-state index contributed by atoms with van der Waals surface area (Å²) in [6, 6.07) is 19.4. The number of benzene rings is 1. The van der Waals surface area contributed by atoms with E-state index < -0.39 is 15.6 Å². The standard InChI is InChI=1S/C33H37N7O3S/c1-4-44(42,43)38-27-19-23(24-20-28(32(41)39(3)22-24)37-25-11-16-34-17-12-25)21-29-26(27)13-18-40(29)33(2,30-9-5-7-14-35-30)31-10-6-8-15-36-31/h5-10,13-15,18-22,25,34,37-38H,4,11-12,16-17H2,1-3H3. The van der Waals surface area contributed by atoms with Crippen LogP contribution in [0.4, 0.5) is 11.4 Å². The Labute approximate surface area is 257 Å². The van der Waals surface area contributed by atoms with E-state index in [1.165, 1.54) is 0 Å². The van der Waals surface area contributed by atoms with Crippen molar-refractivity contribution in [2.24, 2.45) is 7.05 Å². The lowest BCUT2D eigenvalue weighted by molar-refractivity contribution is 0.463. The third-order valence-electron chi connectivity index (χ3n) is 8.48. The molecule has 4 aromatic heterocycles. The monoisotopic (exact) mass is 611 g/mol. The Bertz CT molecular complexity index is 1910. The van der Waals surface area contributed by atoms with Crippen LogP contribution in [0, 0.1) is 0 Å². The predicted molar refractivity (Wildman–Crippen MR) is 176 cm³/mol. The summed E-state index contributed by atoms with van der Waals surface area (Å²) >= 11 is 0. The average molecular weight is 612 g/mol. The minimum atomic E-state index is -3.59. The molecule has 1 fully saturated rings. The number of hydrogen-bond acceptors (Lipinski definition) is 7. The molecule has 5 aromatic rings. The largest absolute Gasteiger partial charge is 0.378 e. The van der Waals surface area contributed by atoms with Crippen molar-refractivity contribution in [3.8, 4) is 11.1 Å². The van der Waals surface area contributed by atoms with E-state index in [4.69, 9.17) is 9.97 Å². The first-order valence-electron chi connectivity index (χ1n) is 14.9. The summed E-state index contributed by atoms with van der Waals surface area (Å²) in [5, 5.41) is 7.56. The van der Waals surface area contributed by atoms with Crippen LogP contribution < -0.4 is 20.9 Å². The lowest BCUT2D eigenvalue weighted by atomic mass is 9.91. The number of piperidine rings is 1. The molecule has 0 saturated carbocycles. The highest BCUT2D eigenvalue weighted by atomic mass is 32.2. The summed E-state index contributed by atoms with van der Waals surface area (Å²) in [5.41, 5.74) is 3.96. The van der Waals surface area contributed by atoms with Gasteiger partial charge in [-0.2, -0.15) is 0 Å². The first-order valence-corrected chi connectivity index (χ1v) is 16.5. The third-order valence-corrected chi connectivity index (χ3v) is 9.77. The van der Waals surface area contributed by atoms with Crippen molar-refractivity contribution in [2.45, 2.75) is 38.3 Å². The van der Waals surface area contributed by atoms with Crippen LogP contribution in [0.1, 0.15) is 38.1 Å². The van der Waals surface area contributed by atoms with Crippen molar-refractivity contribution in [2.75, 3.05) is 28.9 Å². The van der Waals surface area contributed by atoms with Crippen LogP contribution in [-0.4, -0.2) is 52.4 Å². The Balaban J connectivity index is 1.58. The molecule has 0 spiro atoms. The fourth-order valence-electron chi connectivity index (χ4n) is 5.96. The van der Waals surface area contributed by atoms with Crippen molar-refractivity contribution < 1.29 is 8.42 Å². The molecule has 10 nitrogen and oxygen atoms in total. The predicted octanol–water partition coefficient (Wildman–Crippen LogP) is 4.53. The second-order valence-corrected chi connectivity index (χ2v) is 13.4. The Morgan fingerprint density at radius 1 is 0.955 bits per heavy atom. The molecule has 228 valence electrons. The lowest BCUT2D eigenvalue weighted by Crippen LogP contribution is -2.37. The Hall–Kier alpha value is -4.48. The summed E-state index contributed by atoms with van der Waals surface area (Å²) in [4.78, 5) is 22.6. The van der Waals surface area contributed by atoms with Crippen LogP contribution in [0.3, 0.4) is 0 Å². The smallest absolute Gasteiger partial charge is 0.273 e. The van der Waals surface area contributed by atoms with E-state index in [1.54, 1.807) is 37.1 Å². The summed E-state index contributed by atoms with van der Waals surface area (Å²) in [7, 11) is -1.86. The van der Waals surface area contributed by atoms with Gasteiger partial charge in [-0.05, 0) is 93.9 Å². The Morgan fingerprint density at radius 3 is 2.23 bits per heavy atom. The highest BCUT2D eigenvalue weighted by Gasteiger charge is 2.35. The van der Waals surface area contributed by atoms with Gasteiger partial charge >= 0.3 is 0 Å². The number of nitrogens with zero attached hydrogens (tertiary/aromatic N) is 4. The maximum Gasteiger partial charge on any atom is 0.273 e. The van der Waals surface area contributed by atoms with Gasteiger partial charge in [0.1, 0.15) is 11.2 Å². The van der Waals surface area contributed by atoms with Crippen LogP contribution in [0.25, 0.3) is 22.0 Å². The number of anilines is 2. The molecule has 0 amide bonds. The molecule has 1 aliphatic heterocycles. The molecule has 0 aliphatic carbocycles. The van der Waals surface area contributed by atoms with Gasteiger partial charge in [-0.25, -0.2) is 8.42 Å². The molecule has 44 heavy (non-hydrogen) atoms. The first-order chi connectivity index (χ1) is 21.2. The van der Waals surface area contributed by atoms with E-state index in [-0.39, 0.29) is 17.4 Å². The number of pyridine rings is 3. The Morgan fingerprint density at radius 2 is 1.61 bits per heavy atom. The first kappa shape index (κ1) is 29.6. The number of rotatable bonds is 9. The highest BCUT2D eigenvalue weighted by Crippen LogP contribution is 2.39. The molecule has 0 radical (unpaired) electrons. The van der Waals surface area contributed by atoms with Crippen LogP contribution >= 0.6 is 0 Å². The normalized spacial score (nSPS) is 14.5. The van der Waals surface area contributed by atoms with E-state index in [0.29, 0.717) is 11.4 Å². The zero-order valence-electron chi connectivity index (χ0n) is 25.1. The number of aromatic nitrogens is 4. The van der Waals surface area contributed by atoms with Crippen LogP contribution in [0.15, 0.2) is 90.2 Å². The lowest BCUT2D eigenvalue weighted by Gasteiger charge is -2.32. The second-order valence-electron chi connectivity index (χ2n) is 11.4. The van der Waals surface area contributed by atoms with Crippen molar-refractivity contribution >= 4 is 32.3 Å². The van der Waals surface area contributed by atoms with Gasteiger partial charge in [0.05, 0.1) is 28.3 Å². The molecule has 1 aromatic carbocycles.